The molecule has 1 aliphatic heterocycles. The highest BCUT2D eigenvalue weighted by Crippen LogP contribution is 2.38. The van der Waals surface area contributed by atoms with Crippen molar-refractivity contribution in [3.63, 3.8) is 0 Å². The van der Waals surface area contributed by atoms with Gasteiger partial charge in [0.2, 0.25) is 15.9 Å². The van der Waals surface area contributed by atoms with Crippen molar-refractivity contribution in [3.8, 4) is 17.2 Å². The second-order valence-corrected chi connectivity index (χ2v) is 9.24. The van der Waals surface area contributed by atoms with Crippen LogP contribution in [0, 0.1) is 0 Å². The maximum Gasteiger partial charge on any atom is 0.246 e. The molecule has 1 aliphatic rings. The maximum absolute atomic E-state index is 12.6. The lowest BCUT2D eigenvalue weighted by Crippen LogP contribution is -2.23. The van der Waals surface area contributed by atoms with Crippen molar-refractivity contribution in [1.29, 1.82) is 0 Å². The molecule has 0 spiro atoms. The van der Waals surface area contributed by atoms with Gasteiger partial charge in [-0.05, 0) is 42.8 Å². The van der Waals surface area contributed by atoms with Crippen LogP contribution in [0.4, 0.5) is 5.69 Å². The van der Waals surface area contributed by atoms with Gasteiger partial charge in [-0.3, -0.25) is 4.79 Å². The molecule has 0 radical (unpaired) electrons. The van der Waals surface area contributed by atoms with Crippen LogP contribution in [0.1, 0.15) is 12.5 Å². The Morgan fingerprint density at radius 1 is 1.20 bits per heavy atom. The predicted molar refractivity (Wildman–Crippen MR) is 113 cm³/mol. The van der Waals surface area contributed by atoms with Gasteiger partial charge in [0.15, 0.2) is 11.5 Å². The molecule has 0 bridgehead atoms. The number of sulfonamides is 1. The number of benzene rings is 2. The molecule has 0 fully saturated rings. The van der Waals surface area contributed by atoms with Crippen molar-refractivity contribution in [2.45, 2.75) is 18.2 Å². The minimum atomic E-state index is -3.75. The summed E-state index contributed by atoms with van der Waals surface area (Å²) in [4.78, 5) is 12.5. The average molecular weight is 455 g/mol. The van der Waals surface area contributed by atoms with E-state index in [0.29, 0.717) is 47.6 Å². The Bertz CT molecular complexity index is 1060. The molecule has 30 heavy (non-hydrogen) atoms. The largest absolute Gasteiger partial charge is 0.492 e. The summed E-state index contributed by atoms with van der Waals surface area (Å²) in [6, 6.07) is 7.86. The smallest absolute Gasteiger partial charge is 0.246 e. The van der Waals surface area contributed by atoms with Crippen molar-refractivity contribution in [2.75, 3.05) is 39.2 Å². The minimum absolute atomic E-state index is 0.0190. The van der Waals surface area contributed by atoms with Gasteiger partial charge >= 0.3 is 0 Å². The van der Waals surface area contributed by atoms with Crippen LogP contribution >= 0.6 is 11.6 Å². The fraction of sp³-hybridized carbons (Fsp3) is 0.350. The lowest BCUT2D eigenvalue weighted by Gasteiger charge is -2.20. The van der Waals surface area contributed by atoms with E-state index in [1.54, 1.807) is 25.1 Å². The number of amides is 1. The number of nitrogens with one attached hydrogen (secondary N) is 1. The van der Waals surface area contributed by atoms with Gasteiger partial charge in [-0.25, -0.2) is 12.7 Å². The number of hydrogen-bond donors (Lipinski definition) is 1. The molecule has 2 aromatic carbocycles. The average Bonchev–Trinajstić information content (AvgIpc) is 2.69. The summed E-state index contributed by atoms with van der Waals surface area (Å²) in [6.45, 7) is 2.91. The molecular formula is C20H23ClN2O6S. The van der Waals surface area contributed by atoms with E-state index in [2.05, 4.69) is 5.32 Å². The molecule has 2 aromatic rings. The zero-order valence-electron chi connectivity index (χ0n) is 16.9. The number of rotatable bonds is 7. The van der Waals surface area contributed by atoms with Crippen LogP contribution in [0.3, 0.4) is 0 Å². The molecule has 0 aromatic heterocycles. The molecule has 3 rings (SSSR count). The molecule has 10 heteroatoms. The number of ether oxygens (including phenoxy) is 3. The van der Waals surface area contributed by atoms with Crippen molar-refractivity contribution in [3.05, 3.63) is 40.9 Å². The zero-order chi connectivity index (χ0) is 21.9. The van der Waals surface area contributed by atoms with E-state index < -0.39 is 10.0 Å². The summed E-state index contributed by atoms with van der Waals surface area (Å²) in [5, 5.41) is 3.09. The molecule has 0 aliphatic carbocycles. The molecule has 0 saturated carbocycles. The third kappa shape index (κ3) is 4.80. The van der Waals surface area contributed by atoms with Crippen LogP contribution in [0.2, 0.25) is 5.02 Å². The van der Waals surface area contributed by atoms with E-state index in [9.17, 15) is 13.2 Å². The van der Waals surface area contributed by atoms with Gasteiger partial charge in [0.1, 0.15) is 23.9 Å². The summed E-state index contributed by atoms with van der Waals surface area (Å²) in [5.41, 5.74) is 0.987. The van der Waals surface area contributed by atoms with Gasteiger partial charge in [0.05, 0.1) is 18.1 Å². The van der Waals surface area contributed by atoms with E-state index in [-0.39, 0.29) is 23.0 Å². The Morgan fingerprint density at radius 2 is 1.93 bits per heavy atom. The summed E-state index contributed by atoms with van der Waals surface area (Å²) < 4.78 is 42.8. The van der Waals surface area contributed by atoms with E-state index in [0.717, 1.165) is 4.31 Å². The first-order valence-electron chi connectivity index (χ1n) is 9.29. The third-order valence-corrected chi connectivity index (χ3v) is 6.42. The first-order valence-corrected chi connectivity index (χ1v) is 11.1. The van der Waals surface area contributed by atoms with E-state index >= 15 is 0 Å². The van der Waals surface area contributed by atoms with Gasteiger partial charge < -0.3 is 19.5 Å². The van der Waals surface area contributed by atoms with Crippen LogP contribution in [0.15, 0.2) is 35.2 Å². The number of fused-ring (bicyclic) bond motifs is 1. The number of carbonyl (C=O) groups excluding carboxylic acids is 1. The quantitative estimate of drug-likeness (QED) is 0.691. The molecule has 8 nitrogen and oxygen atoms in total. The van der Waals surface area contributed by atoms with E-state index in [4.69, 9.17) is 25.8 Å². The van der Waals surface area contributed by atoms with E-state index in [1.807, 2.05) is 0 Å². The highest BCUT2D eigenvalue weighted by Gasteiger charge is 2.23. The molecule has 0 unspecified atom stereocenters. The molecule has 162 valence electrons. The number of halogens is 1. The Hall–Kier alpha value is -2.49. The number of carbonyl (C=O) groups is 1. The zero-order valence-corrected chi connectivity index (χ0v) is 18.5. The van der Waals surface area contributed by atoms with Crippen LogP contribution in [-0.2, 0) is 21.2 Å². The molecule has 1 amide bonds. The predicted octanol–water partition coefficient (Wildman–Crippen LogP) is 2.94. The number of nitrogens with zero attached hydrogens (tertiary/aromatic N) is 1. The number of anilines is 1. The Labute approximate surface area is 180 Å². The first-order chi connectivity index (χ1) is 14.2. The lowest BCUT2D eigenvalue weighted by molar-refractivity contribution is -0.115. The lowest BCUT2D eigenvalue weighted by atomic mass is 10.1. The topological polar surface area (TPSA) is 94.2 Å². The highest BCUT2D eigenvalue weighted by molar-refractivity contribution is 7.89. The second-order valence-electron chi connectivity index (χ2n) is 6.71. The van der Waals surface area contributed by atoms with Gasteiger partial charge in [-0.1, -0.05) is 11.6 Å². The van der Waals surface area contributed by atoms with Crippen LogP contribution in [-0.4, -0.2) is 52.5 Å². The maximum atomic E-state index is 12.6. The van der Waals surface area contributed by atoms with Crippen LogP contribution in [0.5, 0.6) is 17.2 Å². The summed E-state index contributed by atoms with van der Waals surface area (Å²) >= 11 is 6.22. The van der Waals surface area contributed by atoms with Crippen molar-refractivity contribution in [1.82, 2.24) is 4.31 Å². The summed E-state index contributed by atoms with van der Waals surface area (Å²) in [6.07, 6.45) is 0.0271. The number of hydrogen-bond acceptors (Lipinski definition) is 6. The van der Waals surface area contributed by atoms with Crippen molar-refractivity contribution < 1.29 is 27.4 Å². The molecule has 0 saturated heterocycles. The minimum Gasteiger partial charge on any atom is -0.492 e. The Morgan fingerprint density at radius 3 is 2.63 bits per heavy atom. The first kappa shape index (κ1) is 22.2. The second kappa shape index (κ2) is 9.11. The SMILES string of the molecule is CCOc1ccc(NC(=O)Cc2cc(Cl)c3c(c2)OCCO3)cc1S(=O)(=O)N(C)C. The molecule has 1 N–H and O–H groups in total. The Balaban J connectivity index is 1.81. The van der Waals surface area contributed by atoms with Gasteiger partial charge in [-0.2, -0.15) is 0 Å². The molecule has 0 atom stereocenters. The fourth-order valence-electron chi connectivity index (χ4n) is 2.92. The van der Waals surface area contributed by atoms with Gasteiger partial charge in [-0.15, -0.1) is 0 Å². The third-order valence-electron chi connectivity index (χ3n) is 4.31. The monoisotopic (exact) mass is 454 g/mol. The Kier molecular flexibility index (Phi) is 6.74. The van der Waals surface area contributed by atoms with Crippen LogP contribution < -0.4 is 19.5 Å². The summed E-state index contributed by atoms with van der Waals surface area (Å²) in [5.74, 6) is 0.858. The van der Waals surface area contributed by atoms with Gasteiger partial charge in [0, 0.05) is 19.8 Å². The highest BCUT2D eigenvalue weighted by atomic mass is 35.5. The van der Waals surface area contributed by atoms with Crippen molar-refractivity contribution >= 4 is 33.2 Å². The molecule has 1 heterocycles. The standard InChI is InChI=1S/C20H23ClN2O6S/c1-4-27-16-6-5-14(12-18(16)30(25,26)23(2)3)22-19(24)11-13-9-15(21)20-17(10-13)28-7-8-29-20/h5-6,9-10,12H,4,7-8,11H2,1-3H3,(H,22,24). The fourth-order valence-corrected chi connectivity index (χ4v) is 4.25. The summed E-state index contributed by atoms with van der Waals surface area (Å²) in [7, 11) is -0.889. The molecular weight excluding hydrogens is 432 g/mol. The normalized spacial score (nSPS) is 13.2. The van der Waals surface area contributed by atoms with Crippen LogP contribution in [0.25, 0.3) is 0 Å². The van der Waals surface area contributed by atoms with Crippen molar-refractivity contribution in [2.24, 2.45) is 0 Å². The van der Waals surface area contributed by atoms with Gasteiger partial charge in [0.25, 0.3) is 0 Å². The van der Waals surface area contributed by atoms with E-state index in [1.165, 1.54) is 26.2 Å².